The number of carbonyl (C=O) groups excluding carboxylic acids is 2. The number of hydrogen-bond donors (Lipinski definition) is 0. The van der Waals surface area contributed by atoms with Gasteiger partial charge in [-0.2, -0.15) is 0 Å². The molecule has 3 aromatic rings. The van der Waals surface area contributed by atoms with E-state index < -0.39 is 11.9 Å². The summed E-state index contributed by atoms with van der Waals surface area (Å²) >= 11 is 12.1. The van der Waals surface area contributed by atoms with Gasteiger partial charge in [-0.15, -0.1) is 0 Å². The van der Waals surface area contributed by atoms with Crippen LogP contribution in [0.2, 0.25) is 10.0 Å². The van der Waals surface area contributed by atoms with Gasteiger partial charge < -0.3 is 18.9 Å². The molecule has 0 bridgehead atoms. The third-order valence-corrected chi connectivity index (χ3v) is 5.35. The number of para-hydroxylation sites is 1. The van der Waals surface area contributed by atoms with Crippen LogP contribution in [0.1, 0.15) is 21.5 Å². The molecule has 0 N–H and O–H groups in total. The molecule has 0 fully saturated rings. The van der Waals surface area contributed by atoms with Gasteiger partial charge in [0, 0.05) is 10.6 Å². The third kappa shape index (κ3) is 4.28. The molecule has 0 radical (unpaired) electrons. The van der Waals surface area contributed by atoms with E-state index in [0.29, 0.717) is 38.2 Å². The zero-order chi connectivity index (χ0) is 22.9. The lowest BCUT2D eigenvalue weighted by molar-refractivity contribution is -0.129. The first-order valence-electron chi connectivity index (χ1n) is 9.67. The van der Waals surface area contributed by atoms with Crippen molar-refractivity contribution in [3.63, 3.8) is 0 Å². The molecular weight excluding hydrogens is 469 g/mol. The lowest BCUT2D eigenvalue weighted by Crippen LogP contribution is -2.09. The van der Waals surface area contributed by atoms with Gasteiger partial charge in [0.25, 0.3) is 0 Å². The quantitative estimate of drug-likeness (QED) is 0.286. The topological polar surface area (TPSA) is 83.4 Å². The molecule has 0 spiro atoms. The second-order valence-corrected chi connectivity index (χ2v) is 7.80. The molecule has 2 aliphatic heterocycles. The highest BCUT2D eigenvalue weighted by Gasteiger charge is 2.26. The number of nitrogens with zero attached hydrogens (tertiary/aromatic N) is 1. The Balaban J connectivity index is 1.42. The van der Waals surface area contributed by atoms with Crippen molar-refractivity contribution in [2.24, 2.45) is 4.99 Å². The highest BCUT2D eigenvalue weighted by atomic mass is 35.5. The van der Waals surface area contributed by atoms with Gasteiger partial charge in [0.15, 0.2) is 17.2 Å². The Morgan fingerprint density at radius 2 is 1.82 bits per heavy atom. The minimum Gasteiger partial charge on any atom is -0.454 e. The number of rotatable bonds is 4. The highest BCUT2D eigenvalue weighted by molar-refractivity contribution is 6.37. The van der Waals surface area contributed by atoms with Crippen molar-refractivity contribution in [1.29, 1.82) is 0 Å². The number of benzene rings is 3. The van der Waals surface area contributed by atoms with Crippen LogP contribution in [0.4, 0.5) is 0 Å². The van der Waals surface area contributed by atoms with E-state index in [2.05, 4.69) is 4.99 Å². The van der Waals surface area contributed by atoms with E-state index in [9.17, 15) is 9.59 Å². The van der Waals surface area contributed by atoms with Gasteiger partial charge in [0.1, 0.15) is 5.75 Å². The fraction of sp³-hybridized carbons (Fsp3) is 0.0417. The summed E-state index contributed by atoms with van der Waals surface area (Å²) in [5.74, 6) is 0.0803. The first kappa shape index (κ1) is 21.1. The van der Waals surface area contributed by atoms with Crippen LogP contribution in [-0.2, 0) is 9.53 Å². The fourth-order valence-corrected chi connectivity index (χ4v) is 3.70. The molecule has 9 heteroatoms. The molecule has 0 saturated carbocycles. The molecule has 0 atom stereocenters. The fourth-order valence-electron chi connectivity index (χ4n) is 3.21. The summed E-state index contributed by atoms with van der Waals surface area (Å²) in [4.78, 5) is 29.3. The van der Waals surface area contributed by atoms with Gasteiger partial charge in [0.2, 0.25) is 12.7 Å². The van der Waals surface area contributed by atoms with Crippen molar-refractivity contribution in [3.05, 3.63) is 93.1 Å². The second kappa shape index (κ2) is 8.61. The molecule has 2 heterocycles. The highest BCUT2D eigenvalue weighted by Crippen LogP contribution is 2.33. The monoisotopic (exact) mass is 481 g/mol. The number of ether oxygens (including phenoxy) is 4. The summed E-state index contributed by atoms with van der Waals surface area (Å²) in [6.07, 6.45) is 1.47. The van der Waals surface area contributed by atoms with Crippen LogP contribution in [0.3, 0.4) is 0 Å². The molecule has 164 valence electrons. The van der Waals surface area contributed by atoms with Gasteiger partial charge in [0.05, 0.1) is 16.1 Å². The number of carbonyl (C=O) groups is 2. The molecule has 2 aliphatic rings. The van der Waals surface area contributed by atoms with Crippen LogP contribution in [0.25, 0.3) is 6.08 Å². The molecule has 0 aliphatic carbocycles. The van der Waals surface area contributed by atoms with Gasteiger partial charge in [-0.05, 0) is 48.5 Å². The average molecular weight is 482 g/mol. The largest absolute Gasteiger partial charge is 0.454 e. The molecule has 0 amide bonds. The molecule has 0 aromatic heterocycles. The number of hydrogen-bond acceptors (Lipinski definition) is 7. The van der Waals surface area contributed by atoms with Gasteiger partial charge in [-0.25, -0.2) is 14.6 Å². The van der Waals surface area contributed by atoms with Crippen LogP contribution in [0, 0.1) is 0 Å². The Bertz CT molecular complexity index is 1360. The predicted octanol–water partition coefficient (Wildman–Crippen LogP) is 5.29. The van der Waals surface area contributed by atoms with E-state index in [1.807, 2.05) is 0 Å². The molecule has 0 saturated heterocycles. The summed E-state index contributed by atoms with van der Waals surface area (Å²) in [6.45, 7) is 0.101. The van der Waals surface area contributed by atoms with Crippen LogP contribution < -0.4 is 14.2 Å². The normalized spacial score (nSPS) is 15.4. The summed E-state index contributed by atoms with van der Waals surface area (Å²) in [7, 11) is 0. The molecule has 33 heavy (non-hydrogen) atoms. The van der Waals surface area contributed by atoms with Crippen molar-refractivity contribution < 1.29 is 28.5 Å². The molecular formula is C24H13Cl2NO6. The number of fused-ring (bicyclic) bond motifs is 1. The Labute approximate surface area is 197 Å². The minimum absolute atomic E-state index is 0.0302. The van der Waals surface area contributed by atoms with Crippen molar-refractivity contribution in [3.8, 4) is 17.2 Å². The molecule has 5 rings (SSSR count). The Hall–Kier alpha value is -3.81. The van der Waals surface area contributed by atoms with E-state index in [-0.39, 0.29) is 24.1 Å². The van der Waals surface area contributed by atoms with Crippen LogP contribution in [-0.4, -0.2) is 24.6 Å². The summed E-state index contributed by atoms with van der Waals surface area (Å²) in [5, 5.41) is 0.746. The maximum atomic E-state index is 12.7. The smallest absolute Gasteiger partial charge is 0.363 e. The standard InChI is InChI=1S/C24H13Cl2NO6/c25-15-6-7-16(17(26)11-15)22-27-18(24(29)33-22)9-13-3-1-2-4-19(13)32-23(28)14-5-8-20-21(10-14)31-12-30-20/h1-11H,12H2/b18-9-. The van der Waals surface area contributed by atoms with Crippen LogP contribution >= 0.6 is 23.2 Å². The van der Waals surface area contributed by atoms with E-state index in [1.54, 1.807) is 54.6 Å². The van der Waals surface area contributed by atoms with Gasteiger partial charge >= 0.3 is 11.9 Å². The Kier molecular flexibility index (Phi) is 5.50. The third-order valence-electron chi connectivity index (χ3n) is 4.80. The zero-order valence-electron chi connectivity index (χ0n) is 16.7. The number of cyclic esters (lactones) is 1. The van der Waals surface area contributed by atoms with Crippen LogP contribution in [0.5, 0.6) is 17.2 Å². The number of esters is 2. The lowest BCUT2D eigenvalue weighted by atomic mass is 10.1. The van der Waals surface area contributed by atoms with Crippen molar-refractivity contribution >= 4 is 47.1 Å². The summed E-state index contributed by atoms with van der Waals surface area (Å²) in [5.41, 5.74) is 1.22. The maximum absolute atomic E-state index is 12.7. The Morgan fingerprint density at radius 3 is 2.67 bits per heavy atom. The second-order valence-electron chi connectivity index (χ2n) is 6.96. The predicted molar refractivity (Wildman–Crippen MR) is 121 cm³/mol. The van der Waals surface area contributed by atoms with Crippen LogP contribution in [0.15, 0.2) is 71.4 Å². The minimum atomic E-state index is -0.659. The average Bonchev–Trinajstić information content (AvgIpc) is 3.41. The van der Waals surface area contributed by atoms with E-state index >= 15 is 0 Å². The van der Waals surface area contributed by atoms with Crippen molar-refractivity contribution in [1.82, 2.24) is 0 Å². The SMILES string of the molecule is O=C1OC(c2ccc(Cl)cc2Cl)=N/C1=C\c1ccccc1OC(=O)c1ccc2c(c1)OCO2. The molecule has 0 unspecified atom stereocenters. The summed E-state index contributed by atoms with van der Waals surface area (Å²) in [6, 6.07) is 16.3. The van der Waals surface area contributed by atoms with Crippen molar-refractivity contribution in [2.45, 2.75) is 0 Å². The Morgan fingerprint density at radius 1 is 1.00 bits per heavy atom. The maximum Gasteiger partial charge on any atom is 0.363 e. The lowest BCUT2D eigenvalue weighted by Gasteiger charge is -2.08. The van der Waals surface area contributed by atoms with E-state index in [1.165, 1.54) is 12.1 Å². The molecule has 7 nitrogen and oxygen atoms in total. The van der Waals surface area contributed by atoms with Gasteiger partial charge in [-0.1, -0.05) is 41.4 Å². The first-order chi connectivity index (χ1) is 16.0. The zero-order valence-corrected chi connectivity index (χ0v) is 18.2. The number of aliphatic imine (C=N–C) groups is 1. The molecule has 3 aromatic carbocycles. The summed E-state index contributed by atoms with van der Waals surface area (Å²) < 4.78 is 21.4. The first-order valence-corrected chi connectivity index (χ1v) is 10.4. The number of halogens is 2. The van der Waals surface area contributed by atoms with Crippen molar-refractivity contribution in [2.75, 3.05) is 6.79 Å². The van der Waals surface area contributed by atoms with E-state index in [4.69, 9.17) is 42.1 Å². The van der Waals surface area contributed by atoms with E-state index in [0.717, 1.165) is 0 Å². The van der Waals surface area contributed by atoms with Gasteiger partial charge in [-0.3, -0.25) is 0 Å².